The lowest BCUT2D eigenvalue weighted by molar-refractivity contribution is 0.578. The minimum Gasteiger partial charge on any atom is -0.349 e. The van der Waals surface area contributed by atoms with Crippen molar-refractivity contribution in [2.75, 3.05) is 12.0 Å². The summed E-state index contributed by atoms with van der Waals surface area (Å²) in [6, 6.07) is 2.78. The van der Waals surface area contributed by atoms with Gasteiger partial charge in [-0.15, -0.1) is 0 Å². The highest BCUT2D eigenvalue weighted by atomic mass is 32.2. The summed E-state index contributed by atoms with van der Waals surface area (Å²) in [6.45, 7) is 0.330. The molecular formula is C11H16N6O2S. The molecule has 0 atom stereocenters. The van der Waals surface area contributed by atoms with Crippen molar-refractivity contribution in [3.63, 3.8) is 0 Å². The van der Waals surface area contributed by atoms with Gasteiger partial charge in [-0.25, -0.2) is 29.0 Å². The molecule has 8 nitrogen and oxygen atoms in total. The molecule has 0 spiro atoms. The molecule has 0 saturated carbocycles. The minimum absolute atomic E-state index is 0.124. The van der Waals surface area contributed by atoms with Crippen LogP contribution in [0.5, 0.6) is 0 Å². The van der Waals surface area contributed by atoms with Crippen LogP contribution in [-0.2, 0) is 16.4 Å². The Balaban J connectivity index is 1.90. The lowest BCUT2D eigenvalue weighted by atomic mass is 10.3. The summed E-state index contributed by atoms with van der Waals surface area (Å²) in [5.41, 5.74) is 2.31. The van der Waals surface area contributed by atoms with Crippen molar-refractivity contribution in [1.82, 2.24) is 19.7 Å². The fourth-order valence-electron chi connectivity index (χ4n) is 1.64. The predicted octanol–water partition coefficient (Wildman–Crippen LogP) is 0.00140. The number of hydrazine groups is 1. The summed E-state index contributed by atoms with van der Waals surface area (Å²) in [5, 5.41) is 0. The van der Waals surface area contributed by atoms with E-state index in [1.807, 2.05) is 0 Å². The van der Waals surface area contributed by atoms with Crippen LogP contribution in [0.2, 0.25) is 0 Å². The molecule has 0 aliphatic rings. The first kappa shape index (κ1) is 14.4. The van der Waals surface area contributed by atoms with Gasteiger partial charge in [0.1, 0.15) is 11.6 Å². The number of nitrogens with zero attached hydrogens (tertiary/aromatic N) is 2. The van der Waals surface area contributed by atoms with Crippen LogP contribution in [0.15, 0.2) is 35.6 Å². The number of nitrogens with one attached hydrogen (secondary N) is 3. The minimum atomic E-state index is -3.55. The summed E-state index contributed by atoms with van der Waals surface area (Å²) < 4.78 is 26.6. The van der Waals surface area contributed by atoms with Crippen molar-refractivity contribution < 1.29 is 8.42 Å². The Bertz CT molecular complexity index is 641. The topological polar surface area (TPSA) is 126 Å². The van der Waals surface area contributed by atoms with E-state index in [4.69, 9.17) is 5.84 Å². The monoisotopic (exact) mass is 296 g/mol. The van der Waals surface area contributed by atoms with Crippen LogP contribution in [0.4, 0.5) is 5.82 Å². The summed E-state index contributed by atoms with van der Waals surface area (Å²) in [4.78, 5) is 11.0. The summed E-state index contributed by atoms with van der Waals surface area (Å²) >= 11 is 0. The second kappa shape index (κ2) is 6.46. The van der Waals surface area contributed by atoms with Crippen LogP contribution in [0.25, 0.3) is 0 Å². The van der Waals surface area contributed by atoms with Crippen LogP contribution in [0.3, 0.4) is 0 Å². The number of pyridine rings is 1. The van der Waals surface area contributed by atoms with Gasteiger partial charge in [0.15, 0.2) is 0 Å². The molecule has 9 heteroatoms. The largest absolute Gasteiger partial charge is 0.349 e. The molecule has 0 aromatic carbocycles. The van der Waals surface area contributed by atoms with Crippen LogP contribution in [0, 0.1) is 0 Å². The van der Waals surface area contributed by atoms with E-state index in [1.165, 1.54) is 18.3 Å². The summed E-state index contributed by atoms with van der Waals surface area (Å²) in [7, 11) is -3.55. The quantitative estimate of drug-likeness (QED) is 0.324. The second-order valence-electron chi connectivity index (χ2n) is 4.06. The molecule has 0 fully saturated rings. The molecule has 5 N–H and O–H groups in total. The normalized spacial score (nSPS) is 11.4. The van der Waals surface area contributed by atoms with Crippen molar-refractivity contribution >= 4 is 15.8 Å². The highest BCUT2D eigenvalue weighted by Crippen LogP contribution is 2.11. The number of rotatable bonds is 7. The average molecular weight is 296 g/mol. The van der Waals surface area contributed by atoms with Gasteiger partial charge in [0.25, 0.3) is 0 Å². The van der Waals surface area contributed by atoms with Crippen molar-refractivity contribution in [1.29, 1.82) is 0 Å². The third-order valence-corrected chi connectivity index (χ3v) is 4.09. The molecular weight excluding hydrogens is 280 g/mol. The Morgan fingerprint density at radius 3 is 2.85 bits per heavy atom. The van der Waals surface area contributed by atoms with Crippen molar-refractivity contribution in [2.45, 2.75) is 17.7 Å². The van der Waals surface area contributed by atoms with Gasteiger partial charge in [-0.05, 0) is 12.5 Å². The van der Waals surface area contributed by atoms with E-state index < -0.39 is 10.0 Å². The Morgan fingerprint density at radius 1 is 1.30 bits per heavy atom. The zero-order valence-corrected chi connectivity index (χ0v) is 11.5. The van der Waals surface area contributed by atoms with Crippen LogP contribution in [0.1, 0.15) is 12.2 Å². The van der Waals surface area contributed by atoms with E-state index in [2.05, 4.69) is 25.1 Å². The van der Waals surface area contributed by atoms with Gasteiger partial charge in [-0.3, -0.25) is 0 Å². The fraction of sp³-hybridized carbons (Fsp3) is 0.273. The summed E-state index contributed by atoms with van der Waals surface area (Å²) in [5.74, 6) is 6.33. The molecule has 2 aromatic rings. The van der Waals surface area contributed by atoms with E-state index in [0.29, 0.717) is 25.2 Å². The Labute approximate surface area is 116 Å². The van der Waals surface area contributed by atoms with Gasteiger partial charge in [0.2, 0.25) is 10.0 Å². The number of hydrogen-bond donors (Lipinski definition) is 4. The second-order valence-corrected chi connectivity index (χ2v) is 5.83. The molecule has 0 unspecified atom stereocenters. The van der Waals surface area contributed by atoms with Gasteiger partial charge < -0.3 is 10.4 Å². The number of nitrogen functional groups attached to an aromatic ring is 1. The Morgan fingerprint density at radius 2 is 2.15 bits per heavy atom. The number of aryl methyl sites for hydroxylation is 1. The van der Waals surface area contributed by atoms with Gasteiger partial charge in [0, 0.05) is 37.6 Å². The van der Waals surface area contributed by atoms with Crippen LogP contribution in [-0.4, -0.2) is 29.9 Å². The smallest absolute Gasteiger partial charge is 0.240 e. The molecule has 2 rings (SSSR count). The van der Waals surface area contributed by atoms with E-state index in [0.717, 1.165) is 5.82 Å². The number of aromatic nitrogens is 3. The first-order valence-electron chi connectivity index (χ1n) is 6.02. The third kappa shape index (κ3) is 3.76. The van der Waals surface area contributed by atoms with E-state index in [1.54, 1.807) is 12.4 Å². The van der Waals surface area contributed by atoms with Crippen molar-refractivity contribution in [3.05, 3.63) is 36.5 Å². The fourth-order valence-corrected chi connectivity index (χ4v) is 2.72. The number of H-pyrrole nitrogens is 1. The van der Waals surface area contributed by atoms with E-state index >= 15 is 0 Å². The third-order valence-electron chi connectivity index (χ3n) is 2.63. The molecule has 0 saturated heterocycles. The maximum Gasteiger partial charge on any atom is 0.240 e. The van der Waals surface area contributed by atoms with Gasteiger partial charge >= 0.3 is 0 Å². The van der Waals surface area contributed by atoms with Crippen LogP contribution >= 0.6 is 0 Å². The van der Waals surface area contributed by atoms with E-state index in [-0.39, 0.29) is 4.90 Å². The first-order chi connectivity index (χ1) is 9.62. The number of anilines is 1. The molecule has 0 aliphatic heterocycles. The first-order valence-corrected chi connectivity index (χ1v) is 7.51. The predicted molar refractivity (Wildman–Crippen MR) is 74.1 cm³/mol. The summed E-state index contributed by atoms with van der Waals surface area (Å²) in [6.07, 6.45) is 6.11. The van der Waals surface area contributed by atoms with Gasteiger partial charge in [-0.2, -0.15) is 0 Å². The lowest BCUT2D eigenvalue weighted by Gasteiger charge is -2.07. The lowest BCUT2D eigenvalue weighted by Crippen LogP contribution is -2.25. The van der Waals surface area contributed by atoms with Crippen molar-refractivity contribution in [2.24, 2.45) is 5.84 Å². The number of sulfonamides is 1. The van der Waals surface area contributed by atoms with Gasteiger partial charge in [-0.1, -0.05) is 0 Å². The standard InChI is InChI=1S/C11H16N6O2S/c12-17-11-8-9(3-5-13-11)20(18,19)16-4-1-2-10-14-6-7-15-10/h3,5-8,16H,1-2,4,12H2,(H,13,17)(H,14,15). The highest BCUT2D eigenvalue weighted by molar-refractivity contribution is 7.89. The zero-order valence-electron chi connectivity index (χ0n) is 10.7. The van der Waals surface area contributed by atoms with Crippen molar-refractivity contribution in [3.8, 4) is 0 Å². The van der Waals surface area contributed by atoms with Crippen LogP contribution < -0.4 is 16.0 Å². The van der Waals surface area contributed by atoms with Gasteiger partial charge in [0.05, 0.1) is 4.90 Å². The maximum absolute atomic E-state index is 12.0. The number of imidazole rings is 1. The Kier molecular flexibility index (Phi) is 4.66. The number of hydrogen-bond acceptors (Lipinski definition) is 6. The average Bonchev–Trinajstić information content (AvgIpc) is 2.97. The van der Waals surface area contributed by atoms with E-state index in [9.17, 15) is 8.42 Å². The Hall–Kier alpha value is -1.97. The SMILES string of the molecule is NNc1cc(S(=O)(=O)NCCCc2ncc[nH]2)ccn1. The highest BCUT2D eigenvalue weighted by Gasteiger charge is 2.14. The molecule has 2 aromatic heterocycles. The maximum atomic E-state index is 12.0. The molecule has 0 radical (unpaired) electrons. The molecule has 0 bridgehead atoms. The molecule has 20 heavy (non-hydrogen) atoms. The zero-order chi connectivity index (χ0) is 14.4. The molecule has 0 amide bonds. The number of aromatic amines is 1. The molecule has 108 valence electrons. The molecule has 0 aliphatic carbocycles. The molecule has 2 heterocycles. The number of nitrogens with two attached hydrogens (primary N) is 1.